The molecule has 0 amide bonds. The molecule has 1 saturated heterocycles. The maximum atomic E-state index is 5.49. The molecule has 1 rings (SSSR count). The lowest BCUT2D eigenvalue weighted by Crippen LogP contribution is -2.23. The first kappa shape index (κ1) is 11.0. The van der Waals surface area contributed by atoms with E-state index in [0.29, 0.717) is 5.92 Å². The molecule has 0 spiro atoms. The molecule has 0 radical (unpaired) electrons. The summed E-state index contributed by atoms with van der Waals surface area (Å²) in [5.41, 5.74) is 0. The van der Waals surface area contributed by atoms with Crippen LogP contribution in [0.25, 0.3) is 0 Å². The molecule has 78 valence electrons. The lowest BCUT2D eigenvalue weighted by Gasteiger charge is -2.17. The van der Waals surface area contributed by atoms with Crippen LogP contribution in [0.4, 0.5) is 0 Å². The van der Waals surface area contributed by atoms with E-state index >= 15 is 0 Å². The zero-order valence-electron chi connectivity index (χ0n) is 8.62. The van der Waals surface area contributed by atoms with Crippen molar-refractivity contribution in [2.24, 2.45) is 5.92 Å². The standard InChI is InChI=1S/C10H20O3/c1-3-4-5-11-8-9(2)10-12-6-7-13-10/h9-10H,3-8H2,1-2H3. The zero-order chi connectivity index (χ0) is 9.52. The van der Waals surface area contributed by atoms with Gasteiger partial charge in [-0.05, 0) is 6.42 Å². The first-order valence-corrected chi connectivity index (χ1v) is 5.15. The molecule has 1 fully saturated rings. The predicted molar refractivity (Wildman–Crippen MR) is 50.6 cm³/mol. The van der Waals surface area contributed by atoms with Crippen LogP contribution < -0.4 is 0 Å². The van der Waals surface area contributed by atoms with Crippen LogP contribution in [0.15, 0.2) is 0 Å². The average molecular weight is 188 g/mol. The van der Waals surface area contributed by atoms with E-state index in [1.54, 1.807) is 0 Å². The Morgan fingerprint density at radius 2 is 2.08 bits per heavy atom. The summed E-state index contributed by atoms with van der Waals surface area (Å²) in [5, 5.41) is 0. The summed E-state index contributed by atoms with van der Waals surface area (Å²) in [4.78, 5) is 0. The Balaban J connectivity index is 1.99. The summed E-state index contributed by atoms with van der Waals surface area (Å²) < 4.78 is 16.2. The molecule has 1 aliphatic heterocycles. The van der Waals surface area contributed by atoms with E-state index in [1.807, 2.05) is 0 Å². The molecule has 1 atom stereocenters. The molecule has 0 N–H and O–H groups in total. The third kappa shape index (κ3) is 4.07. The molecule has 0 aromatic carbocycles. The minimum absolute atomic E-state index is 0.0402. The number of hydrogen-bond acceptors (Lipinski definition) is 3. The van der Waals surface area contributed by atoms with E-state index in [-0.39, 0.29) is 6.29 Å². The lowest BCUT2D eigenvalue weighted by molar-refractivity contribution is -0.0980. The van der Waals surface area contributed by atoms with Crippen molar-refractivity contribution in [3.8, 4) is 0 Å². The fourth-order valence-corrected chi connectivity index (χ4v) is 1.30. The van der Waals surface area contributed by atoms with Gasteiger partial charge in [0, 0.05) is 12.5 Å². The molecular weight excluding hydrogens is 168 g/mol. The van der Waals surface area contributed by atoms with Crippen LogP contribution in [0.2, 0.25) is 0 Å². The van der Waals surface area contributed by atoms with Gasteiger partial charge < -0.3 is 14.2 Å². The highest BCUT2D eigenvalue weighted by molar-refractivity contribution is 4.60. The maximum absolute atomic E-state index is 5.49. The van der Waals surface area contributed by atoms with Crippen LogP contribution in [-0.4, -0.2) is 32.7 Å². The Morgan fingerprint density at radius 3 is 2.69 bits per heavy atom. The van der Waals surface area contributed by atoms with Crippen molar-refractivity contribution in [3.05, 3.63) is 0 Å². The van der Waals surface area contributed by atoms with Crippen molar-refractivity contribution < 1.29 is 14.2 Å². The summed E-state index contributed by atoms with van der Waals surface area (Å²) in [7, 11) is 0. The highest BCUT2D eigenvalue weighted by Crippen LogP contribution is 2.14. The molecule has 0 aromatic heterocycles. The molecule has 0 aliphatic carbocycles. The summed E-state index contributed by atoms with van der Waals surface area (Å²) in [5.74, 6) is 0.347. The SMILES string of the molecule is CCCCOCC(C)C1OCCO1. The largest absolute Gasteiger partial charge is 0.381 e. The van der Waals surface area contributed by atoms with E-state index in [2.05, 4.69) is 13.8 Å². The van der Waals surface area contributed by atoms with Gasteiger partial charge in [-0.2, -0.15) is 0 Å². The van der Waals surface area contributed by atoms with Gasteiger partial charge in [-0.15, -0.1) is 0 Å². The third-order valence-electron chi connectivity index (χ3n) is 2.14. The van der Waals surface area contributed by atoms with E-state index in [9.17, 15) is 0 Å². The van der Waals surface area contributed by atoms with Gasteiger partial charge in [0.1, 0.15) is 0 Å². The molecule has 0 saturated carbocycles. The van der Waals surface area contributed by atoms with Crippen molar-refractivity contribution in [2.75, 3.05) is 26.4 Å². The van der Waals surface area contributed by atoms with Crippen LogP contribution in [0.1, 0.15) is 26.7 Å². The Labute approximate surface area is 80.4 Å². The molecule has 1 heterocycles. The molecule has 3 heteroatoms. The van der Waals surface area contributed by atoms with Crippen LogP contribution in [0.5, 0.6) is 0 Å². The Kier molecular flexibility index (Phi) is 5.35. The minimum atomic E-state index is -0.0402. The first-order valence-electron chi connectivity index (χ1n) is 5.15. The van der Waals surface area contributed by atoms with Gasteiger partial charge in [0.05, 0.1) is 19.8 Å². The highest BCUT2D eigenvalue weighted by Gasteiger charge is 2.22. The van der Waals surface area contributed by atoms with Gasteiger partial charge >= 0.3 is 0 Å². The molecule has 3 nitrogen and oxygen atoms in total. The third-order valence-corrected chi connectivity index (χ3v) is 2.14. The molecule has 1 unspecified atom stereocenters. The second-order valence-corrected chi connectivity index (χ2v) is 3.52. The van der Waals surface area contributed by atoms with Crippen molar-refractivity contribution in [1.29, 1.82) is 0 Å². The van der Waals surface area contributed by atoms with Gasteiger partial charge in [-0.1, -0.05) is 20.3 Å². The average Bonchev–Trinajstić information content (AvgIpc) is 2.65. The second-order valence-electron chi connectivity index (χ2n) is 3.52. The topological polar surface area (TPSA) is 27.7 Å². The first-order chi connectivity index (χ1) is 6.34. The molecule has 0 bridgehead atoms. The number of rotatable bonds is 6. The fourth-order valence-electron chi connectivity index (χ4n) is 1.30. The quantitative estimate of drug-likeness (QED) is 0.595. The van der Waals surface area contributed by atoms with Crippen molar-refractivity contribution in [1.82, 2.24) is 0 Å². The summed E-state index contributed by atoms with van der Waals surface area (Å²) >= 11 is 0. The van der Waals surface area contributed by atoms with Gasteiger partial charge in [0.2, 0.25) is 0 Å². The van der Waals surface area contributed by atoms with Crippen LogP contribution in [-0.2, 0) is 14.2 Å². The summed E-state index contributed by atoms with van der Waals surface area (Å²) in [6, 6.07) is 0. The minimum Gasteiger partial charge on any atom is -0.381 e. The van der Waals surface area contributed by atoms with Crippen LogP contribution in [0, 0.1) is 5.92 Å². The normalized spacial score (nSPS) is 20.8. The predicted octanol–water partition coefficient (Wildman–Crippen LogP) is 1.81. The zero-order valence-corrected chi connectivity index (χ0v) is 8.62. The molecule has 0 aromatic rings. The Bertz CT molecular complexity index is 121. The highest BCUT2D eigenvalue weighted by atomic mass is 16.7. The smallest absolute Gasteiger partial charge is 0.162 e. The van der Waals surface area contributed by atoms with E-state index in [0.717, 1.165) is 32.8 Å². The van der Waals surface area contributed by atoms with Crippen molar-refractivity contribution in [3.63, 3.8) is 0 Å². The molecular formula is C10H20O3. The Morgan fingerprint density at radius 1 is 1.38 bits per heavy atom. The Hall–Kier alpha value is -0.120. The van der Waals surface area contributed by atoms with E-state index < -0.39 is 0 Å². The summed E-state index contributed by atoms with van der Waals surface area (Å²) in [6.45, 7) is 7.31. The van der Waals surface area contributed by atoms with Gasteiger partial charge in [-0.3, -0.25) is 0 Å². The van der Waals surface area contributed by atoms with Gasteiger partial charge in [-0.25, -0.2) is 0 Å². The van der Waals surface area contributed by atoms with Crippen molar-refractivity contribution >= 4 is 0 Å². The van der Waals surface area contributed by atoms with Gasteiger partial charge in [0.25, 0.3) is 0 Å². The monoisotopic (exact) mass is 188 g/mol. The molecule has 1 aliphatic rings. The summed E-state index contributed by atoms with van der Waals surface area (Å²) in [6.07, 6.45) is 2.28. The lowest BCUT2D eigenvalue weighted by atomic mass is 10.2. The second kappa shape index (κ2) is 6.35. The maximum Gasteiger partial charge on any atom is 0.162 e. The molecule has 13 heavy (non-hydrogen) atoms. The fraction of sp³-hybridized carbons (Fsp3) is 1.00. The van der Waals surface area contributed by atoms with Gasteiger partial charge in [0.15, 0.2) is 6.29 Å². The van der Waals surface area contributed by atoms with E-state index in [4.69, 9.17) is 14.2 Å². The van der Waals surface area contributed by atoms with Crippen LogP contribution >= 0.6 is 0 Å². The van der Waals surface area contributed by atoms with Crippen molar-refractivity contribution in [2.45, 2.75) is 33.0 Å². The number of hydrogen-bond donors (Lipinski definition) is 0. The van der Waals surface area contributed by atoms with E-state index in [1.165, 1.54) is 6.42 Å². The van der Waals surface area contributed by atoms with Crippen LogP contribution in [0.3, 0.4) is 0 Å². The number of unbranched alkanes of at least 4 members (excludes halogenated alkanes) is 1. The number of ether oxygens (including phenoxy) is 3.